The van der Waals surface area contributed by atoms with Crippen molar-refractivity contribution in [1.29, 1.82) is 0 Å². The van der Waals surface area contributed by atoms with Crippen molar-refractivity contribution in [1.82, 2.24) is 20.9 Å². The molecule has 3 N–H and O–H groups in total. The average molecular weight is 503 g/mol. The van der Waals surface area contributed by atoms with Crippen LogP contribution in [0.2, 0.25) is 10.0 Å². The van der Waals surface area contributed by atoms with Gasteiger partial charge in [-0.05, 0) is 47.7 Å². The Morgan fingerprint density at radius 2 is 1.94 bits per heavy atom. The van der Waals surface area contributed by atoms with Gasteiger partial charge in [0.25, 0.3) is 5.91 Å². The first-order valence-electron chi connectivity index (χ1n) is 11.0. The summed E-state index contributed by atoms with van der Waals surface area (Å²) in [6.45, 7) is 2.51. The smallest absolute Gasteiger partial charge is 0.315 e. The summed E-state index contributed by atoms with van der Waals surface area (Å²) >= 11 is 12.1. The van der Waals surface area contributed by atoms with Crippen LogP contribution in [0.3, 0.4) is 0 Å². The molecular formula is C24H24Cl2N4O4. The number of nitrogens with one attached hydrogen (secondary N) is 3. The van der Waals surface area contributed by atoms with Gasteiger partial charge in [-0.2, -0.15) is 0 Å². The number of nitrogens with zero attached hydrogens (tertiary/aromatic N) is 1. The normalized spacial score (nSPS) is 18.4. The highest BCUT2D eigenvalue weighted by Crippen LogP contribution is 2.29. The lowest BCUT2D eigenvalue weighted by atomic mass is 10.0. The third kappa shape index (κ3) is 5.03. The van der Waals surface area contributed by atoms with Gasteiger partial charge in [0.1, 0.15) is 6.04 Å². The van der Waals surface area contributed by atoms with E-state index in [0.29, 0.717) is 28.5 Å². The number of hydrogen-bond acceptors (Lipinski definition) is 4. The molecule has 10 heteroatoms. The summed E-state index contributed by atoms with van der Waals surface area (Å²) in [7, 11) is 0. The monoisotopic (exact) mass is 502 g/mol. The summed E-state index contributed by atoms with van der Waals surface area (Å²) in [5, 5.41) is 8.95. The van der Waals surface area contributed by atoms with Crippen LogP contribution < -0.4 is 16.0 Å². The first-order chi connectivity index (χ1) is 16.3. The number of imide groups is 1. The summed E-state index contributed by atoms with van der Waals surface area (Å²) in [5.41, 5.74) is 3.01. The third-order valence-electron chi connectivity index (χ3n) is 6.10. The molecule has 0 aromatic heterocycles. The van der Waals surface area contributed by atoms with Crippen LogP contribution in [-0.2, 0) is 22.7 Å². The lowest BCUT2D eigenvalue weighted by Gasteiger charge is -2.29. The van der Waals surface area contributed by atoms with Crippen molar-refractivity contribution in [3.05, 3.63) is 68.7 Å². The number of amides is 5. The first kappa shape index (κ1) is 24.0. The molecule has 34 heavy (non-hydrogen) atoms. The molecule has 2 heterocycles. The maximum atomic E-state index is 12.8. The zero-order valence-electron chi connectivity index (χ0n) is 18.5. The SMILES string of the molecule is CCC(NC(=O)NCc1ccc2c(c1)CN(C1CCC(=O)NC1=O)C2=O)c1ccc(Cl)c(Cl)c1. The number of urea groups is 1. The highest BCUT2D eigenvalue weighted by molar-refractivity contribution is 6.42. The molecule has 0 bridgehead atoms. The zero-order chi connectivity index (χ0) is 24.4. The minimum absolute atomic E-state index is 0.210. The molecule has 2 atom stereocenters. The Hall–Kier alpha value is -3.10. The Morgan fingerprint density at radius 1 is 1.15 bits per heavy atom. The molecule has 2 aromatic carbocycles. The van der Waals surface area contributed by atoms with E-state index in [1.165, 1.54) is 4.90 Å². The first-order valence-corrected chi connectivity index (χ1v) is 11.8. The molecule has 2 unspecified atom stereocenters. The van der Waals surface area contributed by atoms with Gasteiger partial charge in [0, 0.05) is 25.1 Å². The molecule has 178 valence electrons. The molecule has 0 radical (unpaired) electrons. The minimum Gasteiger partial charge on any atom is -0.334 e. The van der Waals surface area contributed by atoms with Crippen LogP contribution in [0.5, 0.6) is 0 Å². The molecule has 8 nitrogen and oxygen atoms in total. The minimum atomic E-state index is -0.655. The quantitative estimate of drug-likeness (QED) is 0.523. The number of piperidine rings is 1. The summed E-state index contributed by atoms with van der Waals surface area (Å²) in [6, 6.07) is 9.40. The number of rotatable bonds is 6. The maximum absolute atomic E-state index is 12.8. The van der Waals surface area contributed by atoms with Gasteiger partial charge >= 0.3 is 6.03 Å². The van der Waals surface area contributed by atoms with E-state index in [2.05, 4.69) is 16.0 Å². The largest absolute Gasteiger partial charge is 0.334 e. The number of carbonyl (C=O) groups excluding carboxylic acids is 4. The zero-order valence-corrected chi connectivity index (χ0v) is 20.0. The highest BCUT2D eigenvalue weighted by atomic mass is 35.5. The molecule has 2 aromatic rings. The van der Waals surface area contributed by atoms with Gasteiger partial charge < -0.3 is 15.5 Å². The van der Waals surface area contributed by atoms with Crippen LogP contribution >= 0.6 is 23.2 Å². The molecule has 0 saturated carbocycles. The average Bonchev–Trinajstić information content (AvgIpc) is 3.13. The van der Waals surface area contributed by atoms with Crippen LogP contribution in [0.1, 0.15) is 59.3 Å². The van der Waals surface area contributed by atoms with Crippen LogP contribution in [0, 0.1) is 0 Å². The van der Waals surface area contributed by atoms with E-state index in [9.17, 15) is 19.2 Å². The Labute approximate surface area is 207 Å². The van der Waals surface area contributed by atoms with E-state index in [1.807, 2.05) is 19.1 Å². The Kier molecular flexibility index (Phi) is 7.09. The standard InChI is InChI=1S/C24H24Cl2N4O4/c1-2-19(14-4-6-17(25)18(26)10-14)28-24(34)27-11-13-3-5-16-15(9-13)12-30(23(16)33)20-7-8-21(31)29-22(20)32/h3-6,9-10,19-20H,2,7-8,11-12H2,1H3,(H2,27,28,34)(H,29,31,32). The van der Waals surface area contributed by atoms with Crippen LogP contribution in [-0.4, -0.2) is 34.7 Å². The third-order valence-corrected chi connectivity index (χ3v) is 6.84. The molecule has 1 saturated heterocycles. The fourth-order valence-corrected chi connectivity index (χ4v) is 4.59. The second kappa shape index (κ2) is 10.0. The molecule has 4 rings (SSSR count). The summed E-state index contributed by atoms with van der Waals surface area (Å²) in [4.78, 5) is 50.4. The summed E-state index contributed by atoms with van der Waals surface area (Å²) < 4.78 is 0. The molecule has 5 amide bonds. The second-order valence-electron chi connectivity index (χ2n) is 8.35. The van der Waals surface area contributed by atoms with Crippen molar-refractivity contribution in [3.8, 4) is 0 Å². The van der Waals surface area contributed by atoms with E-state index in [0.717, 1.165) is 16.7 Å². The molecule has 0 aliphatic carbocycles. The van der Waals surface area contributed by atoms with Crippen molar-refractivity contribution >= 4 is 47.0 Å². The van der Waals surface area contributed by atoms with Crippen molar-refractivity contribution in [2.24, 2.45) is 0 Å². The van der Waals surface area contributed by atoms with Crippen molar-refractivity contribution in [2.75, 3.05) is 0 Å². The van der Waals surface area contributed by atoms with Gasteiger partial charge in [-0.25, -0.2) is 4.79 Å². The number of hydrogen-bond donors (Lipinski definition) is 3. The Balaban J connectivity index is 1.36. The van der Waals surface area contributed by atoms with E-state index in [4.69, 9.17) is 23.2 Å². The number of fused-ring (bicyclic) bond motifs is 1. The van der Waals surface area contributed by atoms with Crippen molar-refractivity contribution in [2.45, 2.75) is 51.4 Å². The molecule has 2 aliphatic heterocycles. The van der Waals surface area contributed by atoms with Crippen LogP contribution in [0.25, 0.3) is 0 Å². The summed E-state index contributed by atoms with van der Waals surface area (Å²) in [6.07, 6.45) is 1.20. The molecular weight excluding hydrogens is 479 g/mol. The Bertz CT molecular complexity index is 1170. The van der Waals surface area contributed by atoms with Gasteiger partial charge in [0.05, 0.1) is 16.1 Å². The van der Waals surface area contributed by atoms with E-state index in [-0.39, 0.29) is 43.4 Å². The van der Waals surface area contributed by atoms with Gasteiger partial charge in [-0.15, -0.1) is 0 Å². The predicted octanol–water partition coefficient (Wildman–Crippen LogP) is 3.70. The van der Waals surface area contributed by atoms with Gasteiger partial charge in [0.2, 0.25) is 11.8 Å². The highest BCUT2D eigenvalue weighted by Gasteiger charge is 2.39. The fraction of sp³-hybridized carbons (Fsp3) is 0.333. The fourth-order valence-electron chi connectivity index (χ4n) is 4.28. The van der Waals surface area contributed by atoms with E-state index in [1.54, 1.807) is 24.3 Å². The van der Waals surface area contributed by atoms with Crippen molar-refractivity contribution < 1.29 is 19.2 Å². The second-order valence-corrected chi connectivity index (χ2v) is 9.17. The Morgan fingerprint density at radius 3 is 2.65 bits per heavy atom. The van der Waals surface area contributed by atoms with E-state index < -0.39 is 11.9 Å². The van der Waals surface area contributed by atoms with Gasteiger partial charge in [0.15, 0.2) is 0 Å². The lowest BCUT2D eigenvalue weighted by molar-refractivity contribution is -0.136. The number of halogens is 2. The molecule has 2 aliphatic rings. The van der Waals surface area contributed by atoms with Crippen molar-refractivity contribution in [3.63, 3.8) is 0 Å². The van der Waals surface area contributed by atoms with Gasteiger partial charge in [-0.3, -0.25) is 19.7 Å². The number of carbonyl (C=O) groups is 4. The summed E-state index contributed by atoms with van der Waals surface area (Å²) in [5.74, 6) is -0.987. The van der Waals surface area contributed by atoms with Gasteiger partial charge in [-0.1, -0.05) is 48.3 Å². The topological polar surface area (TPSA) is 108 Å². The maximum Gasteiger partial charge on any atom is 0.315 e. The number of benzene rings is 2. The molecule has 1 fully saturated rings. The molecule has 0 spiro atoms. The lowest BCUT2D eigenvalue weighted by Crippen LogP contribution is -2.52. The van der Waals surface area contributed by atoms with Crippen LogP contribution in [0.4, 0.5) is 4.79 Å². The van der Waals surface area contributed by atoms with E-state index >= 15 is 0 Å². The predicted molar refractivity (Wildman–Crippen MR) is 127 cm³/mol. The van der Waals surface area contributed by atoms with Crippen LogP contribution in [0.15, 0.2) is 36.4 Å².